The maximum atomic E-state index is 13.1. The fourth-order valence-electron chi connectivity index (χ4n) is 1.72. The van der Waals surface area contributed by atoms with Gasteiger partial charge in [0.2, 0.25) is 0 Å². The van der Waals surface area contributed by atoms with Gasteiger partial charge in [0.05, 0.1) is 12.1 Å². The van der Waals surface area contributed by atoms with Gasteiger partial charge in [0.1, 0.15) is 17.7 Å². The highest BCUT2D eigenvalue weighted by Crippen LogP contribution is 2.32. The summed E-state index contributed by atoms with van der Waals surface area (Å²) < 4.78 is 18.9. The van der Waals surface area contributed by atoms with Gasteiger partial charge in [-0.25, -0.2) is 4.39 Å². The molecule has 1 atom stereocenters. The molecule has 0 aliphatic carbocycles. The van der Waals surface area contributed by atoms with E-state index in [0.29, 0.717) is 21.3 Å². The Hall–Kier alpha value is -1.10. The van der Waals surface area contributed by atoms with E-state index >= 15 is 0 Å². The van der Waals surface area contributed by atoms with E-state index in [0.717, 1.165) is 0 Å². The summed E-state index contributed by atoms with van der Waals surface area (Å²) in [4.78, 5) is 0. The first-order valence-electron chi connectivity index (χ1n) is 5.49. The number of halogens is 3. The molecule has 2 aromatic carbocycles. The van der Waals surface area contributed by atoms with Crippen LogP contribution < -0.4 is 4.74 Å². The molecular formula is C14H11BrClFO2. The van der Waals surface area contributed by atoms with Crippen molar-refractivity contribution in [2.45, 2.75) is 6.10 Å². The Labute approximate surface area is 123 Å². The summed E-state index contributed by atoms with van der Waals surface area (Å²) in [5.74, 6) is 0.173. The maximum absolute atomic E-state index is 13.1. The van der Waals surface area contributed by atoms with Gasteiger partial charge in [-0.2, -0.15) is 0 Å². The van der Waals surface area contributed by atoms with Gasteiger partial charge >= 0.3 is 0 Å². The fourth-order valence-corrected chi connectivity index (χ4v) is 2.48. The SMILES string of the molecule is COc1ccc(C(O)c2ccc(F)c(Cl)c2)c(Br)c1. The van der Waals surface area contributed by atoms with Gasteiger partial charge in [-0.3, -0.25) is 0 Å². The highest BCUT2D eigenvalue weighted by molar-refractivity contribution is 9.10. The quantitative estimate of drug-likeness (QED) is 0.897. The van der Waals surface area contributed by atoms with Gasteiger partial charge in [-0.05, 0) is 35.4 Å². The first-order chi connectivity index (χ1) is 9.02. The van der Waals surface area contributed by atoms with Gasteiger partial charge in [0.15, 0.2) is 0 Å². The average Bonchev–Trinajstić information content (AvgIpc) is 2.41. The molecule has 0 fully saturated rings. The first-order valence-corrected chi connectivity index (χ1v) is 6.66. The molecule has 2 nitrogen and oxygen atoms in total. The maximum Gasteiger partial charge on any atom is 0.141 e. The van der Waals surface area contributed by atoms with E-state index in [4.69, 9.17) is 16.3 Å². The van der Waals surface area contributed by atoms with Crippen molar-refractivity contribution in [2.24, 2.45) is 0 Å². The lowest BCUT2D eigenvalue weighted by molar-refractivity contribution is 0.219. The predicted octanol–water partition coefficient (Wildman–Crippen LogP) is 4.33. The minimum atomic E-state index is -0.890. The van der Waals surface area contributed by atoms with Crippen LogP contribution in [0.1, 0.15) is 17.2 Å². The second kappa shape index (κ2) is 5.90. The molecule has 100 valence electrons. The number of benzene rings is 2. The number of methoxy groups -OCH3 is 1. The van der Waals surface area contributed by atoms with Gasteiger partial charge < -0.3 is 9.84 Å². The molecule has 0 heterocycles. The molecule has 0 amide bonds. The third-order valence-electron chi connectivity index (χ3n) is 2.76. The molecule has 0 aliphatic rings. The second-order valence-corrected chi connectivity index (χ2v) is 5.23. The summed E-state index contributed by atoms with van der Waals surface area (Å²) in [6.07, 6.45) is -0.890. The number of hydrogen-bond acceptors (Lipinski definition) is 2. The number of ether oxygens (including phenoxy) is 1. The van der Waals surface area contributed by atoms with Crippen molar-refractivity contribution < 1.29 is 14.2 Å². The minimum Gasteiger partial charge on any atom is -0.497 e. The van der Waals surface area contributed by atoms with E-state index < -0.39 is 11.9 Å². The van der Waals surface area contributed by atoms with Gasteiger partial charge in [0, 0.05) is 4.47 Å². The van der Waals surface area contributed by atoms with Gasteiger partial charge in [0.25, 0.3) is 0 Å². The topological polar surface area (TPSA) is 29.5 Å². The third kappa shape index (κ3) is 3.08. The zero-order valence-electron chi connectivity index (χ0n) is 10.0. The van der Waals surface area contributed by atoms with Crippen LogP contribution in [0.25, 0.3) is 0 Å². The molecule has 1 unspecified atom stereocenters. The molecule has 0 saturated heterocycles. The highest BCUT2D eigenvalue weighted by atomic mass is 79.9. The van der Waals surface area contributed by atoms with Crippen LogP contribution in [0.2, 0.25) is 5.02 Å². The minimum absolute atomic E-state index is 0.0128. The van der Waals surface area contributed by atoms with Crippen molar-refractivity contribution in [3.05, 3.63) is 62.8 Å². The first kappa shape index (κ1) is 14.3. The molecule has 0 aliphatic heterocycles. The van der Waals surface area contributed by atoms with E-state index in [-0.39, 0.29) is 5.02 Å². The van der Waals surface area contributed by atoms with Crippen molar-refractivity contribution in [3.63, 3.8) is 0 Å². The summed E-state index contributed by atoms with van der Waals surface area (Å²) in [6, 6.07) is 9.39. The number of aliphatic hydroxyl groups is 1. The van der Waals surface area contributed by atoms with Crippen LogP contribution in [0.3, 0.4) is 0 Å². The summed E-state index contributed by atoms with van der Waals surface area (Å²) in [6.45, 7) is 0. The molecule has 2 rings (SSSR count). The Morgan fingerprint density at radius 2 is 2.00 bits per heavy atom. The molecule has 0 aromatic heterocycles. The summed E-state index contributed by atoms with van der Waals surface area (Å²) in [5.41, 5.74) is 1.18. The number of aliphatic hydroxyl groups excluding tert-OH is 1. The van der Waals surface area contributed by atoms with Crippen LogP contribution >= 0.6 is 27.5 Å². The van der Waals surface area contributed by atoms with Crippen molar-refractivity contribution in [2.75, 3.05) is 7.11 Å². The molecule has 2 aromatic rings. The smallest absolute Gasteiger partial charge is 0.141 e. The summed E-state index contributed by atoms with van der Waals surface area (Å²) in [5, 5.41) is 10.3. The molecule has 0 radical (unpaired) electrons. The Balaban J connectivity index is 2.38. The van der Waals surface area contributed by atoms with Crippen LogP contribution in [0.15, 0.2) is 40.9 Å². The molecular weight excluding hydrogens is 335 g/mol. The molecule has 0 spiro atoms. The van der Waals surface area contributed by atoms with E-state index in [2.05, 4.69) is 15.9 Å². The third-order valence-corrected chi connectivity index (χ3v) is 3.74. The van der Waals surface area contributed by atoms with Gasteiger partial charge in [-0.15, -0.1) is 0 Å². The second-order valence-electron chi connectivity index (χ2n) is 3.96. The van der Waals surface area contributed by atoms with Crippen LogP contribution in [-0.2, 0) is 0 Å². The lowest BCUT2D eigenvalue weighted by Gasteiger charge is -2.14. The molecule has 0 saturated carbocycles. The lowest BCUT2D eigenvalue weighted by atomic mass is 10.0. The predicted molar refractivity (Wildman–Crippen MR) is 76.2 cm³/mol. The van der Waals surface area contributed by atoms with Crippen LogP contribution in [-0.4, -0.2) is 12.2 Å². The summed E-state index contributed by atoms with van der Waals surface area (Å²) >= 11 is 9.09. The molecule has 19 heavy (non-hydrogen) atoms. The van der Waals surface area contributed by atoms with Crippen molar-refractivity contribution in [1.82, 2.24) is 0 Å². The molecule has 1 N–H and O–H groups in total. The zero-order chi connectivity index (χ0) is 14.0. The molecule has 5 heteroatoms. The standard InChI is InChI=1S/C14H11BrClFO2/c1-19-9-3-4-10(11(15)7-9)14(18)8-2-5-13(17)12(16)6-8/h2-7,14,18H,1H3. The molecule has 0 bridgehead atoms. The zero-order valence-corrected chi connectivity index (χ0v) is 12.4. The Morgan fingerprint density at radius 3 is 2.58 bits per heavy atom. The Bertz CT molecular complexity index is 604. The normalized spacial score (nSPS) is 12.3. The Morgan fingerprint density at radius 1 is 1.26 bits per heavy atom. The van der Waals surface area contributed by atoms with Crippen molar-refractivity contribution in [3.8, 4) is 5.75 Å². The van der Waals surface area contributed by atoms with Crippen molar-refractivity contribution >= 4 is 27.5 Å². The van der Waals surface area contributed by atoms with Gasteiger partial charge in [-0.1, -0.05) is 39.7 Å². The fraction of sp³-hybridized carbons (Fsp3) is 0.143. The van der Waals surface area contributed by atoms with E-state index in [1.54, 1.807) is 25.3 Å². The van der Waals surface area contributed by atoms with E-state index in [1.165, 1.54) is 18.2 Å². The van der Waals surface area contributed by atoms with E-state index in [9.17, 15) is 9.50 Å². The largest absolute Gasteiger partial charge is 0.497 e. The van der Waals surface area contributed by atoms with Crippen LogP contribution in [0.5, 0.6) is 5.75 Å². The summed E-state index contributed by atoms with van der Waals surface area (Å²) in [7, 11) is 1.57. The Kier molecular flexibility index (Phi) is 4.45. The highest BCUT2D eigenvalue weighted by Gasteiger charge is 2.15. The average molecular weight is 346 g/mol. The number of rotatable bonds is 3. The van der Waals surface area contributed by atoms with Crippen LogP contribution in [0, 0.1) is 5.82 Å². The number of hydrogen-bond donors (Lipinski definition) is 1. The lowest BCUT2D eigenvalue weighted by Crippen LogP contribution is -2.01. The van der Waals surface area contributed by atoms with Crippen LogP contribution in [0.4, 0.5) is 4.39 Å². The van der Waals surface area contributed by atoms with Crippen molar-refractivity contribution in [1.29, 1.82) is 0 Å². The monoisotopic (exact) mass is 344 g/mol. The van der Waals surface area contributed by atoms with E-state index in [1.807, 2.05) is 0 Å².